The Morgan fingerprint density at radius 2 is 2.46 bits per heavy atom. The van der Waals surface area contributed by atoms with Gasteiger partial charge in [0, 0.05) is 26.6 Å². The molecular formula is C9H13NO3. The smallest absolute Gasteiger partial charge is 0.253 e. The molecule has 2 rings (SSSR count). The Morgan fingerprint density at radius 1 is 1.69 bits per heavy atom. The average Bonchev–Trinajstić information content (AvgIpc) is 2.53. The largest absolute Gasteiger partial charge is 0.500 e. The molecule has 0 bridgehead atoms. The van der Waals surface area contributed by atoms with Crippen LogP contribution in [-0.4, -0.2) is 43.7 Å². The van der Waals surface area contributed by atoms with E-state index in [0.29, 0.717) is 19.7 Å². The first-order valence-electron chi connectivity index (χ1n) is 4.44. The molecule has 1 fully saturated rings. The summed E-state index contributed by atoms with van der Waals surface area (Å²) in [5.41, 5.74) is 0.787. The van der Waals surface area contributed by atoms with Crippen molar-refractivity contribution in [2.24, 2.45) is 0 Å². The maximum Gasteiger partial charge on any atom is 0.253 e. The Morgan fingerprint density at radius 3 is 3.00 bits per heavy atom. The minimum Gasteiger partial charge on any atom is -0.500 e. The van der Waals surface area contributed by atoms with Gasteiger partial charge in [0.25, 0.3) is 5.91 Å². The summed E-state index contributed by atoms with van der Waals surface area (Å²) in [4.78, 5) is 13.4. The lowest BCUT2D eigenvalue weighted by atomic mass is 10.1. The molecule has 4 heteroatoms. The van der Waals surface area contributed by atoms with Gasteiger partial charge in [0.05, 0.1) is 24.5 Å². The lowest BCUT2D eigenvalue weighted by Crippen LogP contribution is -2.54. The first-order chi connectivity index (χ1) is 6.31. The summed E-state index contributed by atoms with van der Waals surface area (Å²) in [6, 6.07) is 0. The number of carbonyl (C=O) groups is 1. The van der Waals surface area contributed by atoms with Crippen LogP contribution < -0.4 is 0 Å². The topological polar surface area (TPSA) is 38.8 Å². The highest BCUT2D eigenvalue weighted by Gasteiger charge is 2.32. The van der Waals surface area contributed by atoms with E-state index in [0.717, 1.165) is 12.0 Å². The van der Waals surface area contributed by atoms with E-state index in [9.17, 15) is 4.79 Å². The van der Waals surface area contributed by atoms with Gasteiger partial charge in [0.2, 0.25) is 0 Å². The molecule has 0 aromatic rings. The zero-order valence-electron chi connectivity index (χ0n) is 7.66. The molecule has 1 amide bonds. The quantitative estimate of drug-likeness (QED) is 0.611. The molecule has 2 aliphatic rings. The van der Waals surface area contributed by atoms with Crippen LogP contribution in [0, 0.1) is 0 Å². The second kappa shape index (κ2) is 3.38. The van der Waals surface area contributed by atoms with E-state index < -0.39 is 0 Å². The van der Waals surface area contributed by atoms with Crippen LogP contribution in [0.2, 0.25) is 0 Å². The van der Waals surface area contributed by atoms with Gasteiger partial charge >= 0.3 is 0 Å². The van der Waals surface area contributed by atoms with Crippen LogP contribution in [-0.2, 0) is 14.3 Å². The molecule has 0 spiro atoms. The van der Waals surface area contributed by atoms with Gasteiger partial charge in [0.15, 0.2) is 0 Å². The second-order valence-electron chi connectivity index (χ2n) is 3.33. The van der Waals surface area contributed by atoms with Crippen molar-refractivity contribution in [2.45, 2.75) is 12.5 Å². The fourth-order valence-corrected chi connectivity index (χ4v) is 1.50. The van der Waals surface area contributed by atoms with Crippen molar-refractivity contribution in [1.82, 2.24) is 4.90 Å². The third-order valence-corrected chi connectivity index (χ3v) is 2.46. The van der Waals surface area contributed by atoms with Crippen molar-refractivity contribution < 1.29 is 14.3 Å². The number of amides is 1. The van der Waals surface area contributed by atoms with Gasteiger partial charge in [-0.2, -0.15) is 0 Å². The highest BCUT2D eigenvalue weighted by atomic mass is 16.5. The van der Waals surface area contributed by atoms with Crippen LogP contribution in [0.5, 0.6) is 0 Å². The van der Waals surface area contributed by atoms with Crippen LogP contribution in [0.25, 0.3) is 0 Å². The third kappa shape index (κ3) is 1.54. The van der Waals surface area contributed by atoms with Crippen LogP contribution >= 0.6 is 0 Å². The highest BCUT2D eigenvalue weighted by Crippen LogP contribution is 2.18. The summed E-state index contributed by atoms with van der Waals surface area (Å²) in [6.45, 7) is 2.07. The summed E-state index contributed by atoms with van der Waals surface area (Å²) >= 11 is 0. The van der Waals surface area contributed by atoms with Crippen LogP contribution in [0.15, 0.2) is 11.8 Å². The Kier molecular flexibility index (Phi) is 2.22. The third-order valence-electron chi connectivity index (χ3n) is 2.46. The van der Waals surface area contributed by atoms with Gasteiger partial charge in [-0.3, -0.25) is 4.79 Å². The van der Waals surface area contributed by atoms with E-state index in [4.69, 9.17) is 9.47 Å². The Balaban J connectivity index is 1.85. The SMILES string of the molecule is COC1CN(C(=O)C2=COCC2)C1. The number of likely N-dealkylation sites (tertiary alicyclic amines) is 1. The van der Waals surface area contributed by atoms with Gasteiger partial charge in [0.1, 0.15) is 0 Å². The van der Waals surface area contributed by atoms with Crippen LogP contribution in [0.1, 0.15) is 6.42 Å². The molecule has 0 saturated carbocycles. The molecule has 13 heavy (non-hydrogen) atoms. The number of hydrogen-bond acceptors (Lipinski definition) is 3. The van der Waals surface area contributed by atoms with E-state index in [1.165, 1.54) is 0 Å². The van der Waals surface area contributed by atoms with Gasteiger partial charge in [-0.25, -0.2) is 0 Å². The maximum absolute atomic E-state index is 11.6. The average molecular weight is 183 g/mol. The minimum absolute atomic E-state index is 0.103. The van der Waals surface area contributed by atoms with E-state index in [1.54, 1.807) is 18.3 Å². The van der Waals surface area contributed by atoms with Crippen LogP contribution in [0.3, 0.4) is 0 Å². The predicted octanol–water partition coefficient (Wildman–Crippen LogP) is 0.148. The lowest BCUT2D eigenvalue weighted by Gasteiger charge is -2.38. The molecule has 2 aliphatic heterocycles. The molecular weight excluding hydrogens is 170 g/mol. The summed E-state index contributed by atoms with van der Waals surface area (Å²) in [6.07, 6.45) is 2.54. The van der Waals surface area contributed by atoms with Gasteiger partial charge < -0.3 is 14.4 Å². The monoisotopic (exact) mass is 183 g/mol. The van der Waals surface area contributed by atoms with Gasteiger partial charge in [-0.05, 0) is 0 Å². The zero-order valence-corrected chi connectivity index (χ0v) is 7.66. The van der Waals surface area contributed by atoms with E-state index in [2.05, 4.69) is 0 Å². The van der Waals surface area contributed by atoms with Crippen LogP contribution in [0.4, 0.5) is 0 Å². The molecule has 0 unspecified atom stereocenters. The number of ether oxygens (including phenoxy) is 2. The lowest BCUT2D eigenvalue weighted by molar-refractivity contribution is -0.138. The van der Waals surface area contributed by atoms with Crippen molar-refractivity contribution in [1.29, 1.82) is 0 Å². The van der Waals surface area contributed by atoms with Crippen molar-refractivity contribution in [3.05, 3.63) is 11.8 Å². The second-order valence-corrected chi connectivity index (χ2v) is 3.33. The molecule has 0 aromatic heterocycles. The number of nitrogens with zero attached hydrogens (tertiary/aromatic N) is 1. The fraction of sp³-hybridized carbons (Fsp3) is 0.667. The summed E-state index contributed by atoms with van der Waals surface area (Å²) in [5, 5.41) is 0. The molecule has 0 radical (unpaired) electrons. The number of methoxy groups -OCH3 is 1. The first kappa shape index (κ1) is 8.56. The molecule has 0 aliphatic carbocycles. The fourth-order valence-electron chi connectivity index (χ4n) is 1.50. The molecule has 0 atom stereocenters. The molecule has 0 aromatic carbocycles. The molecule has 0 N–H and O–H groups in total. The maximum atomic E-state index is 11.6. The van der Waals surface area contributed by atoms with Crippen molar-refractivity contribution >= 4 is 5.91 Å². The van der Waals surface area contributed by atoms with Crippen molar-refractivity contribution in [3.63, 3.8) is 0 Å². The van der Waals surface area contributed by atoms with Gasteiger partial charge in [-0.1, -0.05) is 0 Å². The Bertz CT molecular complexity index is 243. The number of carbonyl (C=O) groups excluding carboxylic acids is 1. The molecule has 4 nitrogen and oxygen atoms in total. The highest BCUT2D eigenvalue weighted by molar-refractivity contribution is 5.94. The van der Waals surface area contributed by atoms with E-state index in [1.807, 2.05) is 0 Å². The summed E-state index contributed by atoms with van der Waals surface area (Å²) in [5.74, 6) is 0.103. The Hall–Kier alpha value is -1.03. The normalized spacial score (nSPS) is 22.2. The number of hydrogen-bond donors (Lipinski definition) is 0. The van der Waals surface area contributed by atoms with E-state index >= 15 is 0 Å². The summed E-state index contributed by atoms with van der Waals surface area (Å²) in [7, 11) is 1.67. The first-order valence-corrected chi connectivity index (χ1v) is 4.44. The zero-order chi connectivity index (χ0) is 9.26. The predicted molar refractivity (Wildman–Crippen MR) is 46.0 cm³/mol. The standard InChI is InChI=1S/C9H13NO3/c1-12-8-4-10(5-8)9(11)7-2-3-13-6-7/h6,8H,2-5H2,1H3. The van der Waals surface area contributed by atoms with Crippen molar-refractivity contribution in [3.8, 4) is 0 Å². The minimum atomic E-state index is 0.103. The molecule has 2 heterocycles. The van der Waals surface area contributed by atoms with E-state index in [-0.39, 0.29) is 12.0 Å². The number of rotatable bonds is 2. The van der Waals surface area contributed by atoms with Gasteiger partial charge in [-0.15, -0.1) is 0 Å². The van der Waals surface area contributed by atoms with Crippen molar-refractivity contribution in [2.75, 3.05) is 26.8 Å². The Labute approximate surface area is 77.1 Å². The molecule has 1 saturated heterocycles. The molecule has 72 valence electrons. The summed E-state index contributed by atoms with van der Waals surface area (Å²) < 4.78 is 10.1.